The van der Waals surface area contributed by atoms with E-state index in [1.807, 2.05) is 19.2 Å². The zero-order valence-corrected chi connectivity index (χ0v) is 13.5. The van der Waals surface area contributed by atoms with Crippen LogP contribution < -0.4 is 10.2 Å². The fraction of sp³-hybridized carbons (Fsp3) is 0.667. The van der Waals surface area contributed by atoms with Gasteiger partial charge in [-0.1, -0.05) is 39.3 Å². The first-order valence-electron chi connectivity index (χ1n) is 6.99. The van der Waals surface area contributed by atoms with Crippen molar-refractivity contribution in [1.29, 1.82) is 0 Å². The fourth-order valence-corrected chi connectivity index (χ4v) is 2.26. The van der Waals surface area contributed by atoms with Crippen LogP contribution in [0, 0.1) is 11.8 Å². The third-order valence-electron chi connectivity index (χ3n) is 2.74. The van der Waals surface area contributed by atoms with Gasteiger partial charge in [0.05, 0.1) is 10.7 Å². The molecule has 0 unspecified atom stereocenters. The number of rotatable bonds is 7. The van der Waals surface area contributed by atoms with Crippen molar-refractivity contribution in [3.05, 3.63) is 22.8 Å². The van der Waals surface area contributed by atoms with E-state index in [1.54, 1.807) is 0 Å². The smallest absolute Gasteiger partial charge is 0.128 e. The predicted molar refractivity (Wildman–Crippen MR) is 83.9 cm³/mol. The lowest BCUT2D eigenvalue weighted by Crippen LogP contribution is -2.32. The highest BCUT2D eigenvalue weighted by Crippen LogP contribution is 2.21. The fourth-order valence-electron chi connectivity index (χ4n) is 2.08. The van der Waals surface area contributed by atoms with Gasteiger partial charge in [-0.2, -0.15) is 0 Å². The molecule has 0 radical (unpaired) electrons. The summed E-state index contributed by atoms with van der Waals surface area (Å²) in [5.41, 5.74) is 0.916. The zero-order chi connectivity index (χ0) is 14.4. The number of nitrogens with one attached hydrogen (secondary N) is 1. The van der Waals surface area contributed by atoms with Crippen LogP contribution in [0.1, 0.15) is 33.4 Å². The molecule has 4 heteroatoms. The monoisotopic (exact) mass is 283 g/mol. The lowest BCUT2D eigenvalue weighted by molar-refractivity contribution is 0.548. The first-order chi connectivity index (χ1) is 8.93. The largest absolute Gasteiger partial charge is 0.356 e. The van der Waals surface area contributed by atoms with Crippen LogP contribution in [0.25, 0.3) is 0 Å². The molecule has 1 heterocycles. The highest BCUT2D eigenvalue weighted by Gasteiger charge is 2.13. The van der Waals surface area contributed by atoms with E-state index in [0.717, 1.165) is 29.6 Å². The number of aromatic nitrogens is 1. The van der Waals surface area contributed by atoms with Gasteiger partial charge in [-0.3, -0.25) is 0 Å². The highest BCUT2D eigenvalue weighted by molar-refractivity contribution is 6.31. The summed E-state index contributed by atoms with van der Waals surface area (Å²) in [6.07, 6.45) is 0. The molecule has 108 valence electrons. The van der Waals surface area contributed by atoms with Crippen LogP contribution in [0.5, 0.6) is 0 Å². The van der Waals surface area contributed by atoms with Gasteiger partial charge in [0.25, 0.3) is 0 Å². The molecule has 1 aromatic heterocycles. The van der Waals surface area contributed by atoms with Crippen molar-refractivity contribution in [2.24, 2.45) is 11.8 Å². The van der Waals surface area contributed by atoms with Crippen molar-refractivity contribution in [1.82, 2.24) is 10.3 Å². The van der Waals surface area contributed by atoms with Crippen LogP contribution >= 0.6 is 11.6 Å². The van der Waals surface area contributed by atoms with E-state index in [9.17, 15) is 0 Å². The van der Waals surface area contributed by atoms with E-state index >= 15 is 0 Å². The van der Waals surface area contributed by atoms with Crippen molar-refractivity contribution < 1.29 is 0 Å². The first kappa shape index (κ1) is 16.3. The van der Waals surface area contributed by atoms with E-state index in [-0.39, 0.29) is 0 Å². The Labute approximate surface area is 122 Å². The highest BCUT2D eigenvalue weighted by atomic mass is 35.5. The summed E-state index contributed by atoms with van der Waals surface area (Å²) in [4.78, 5) is 7.05. The van der Waals surface area contributed by atoms with Crippen LogP contribution in [-0.2, 0) is 6.54 Å². The number of pyridine rings is 1. The minimum atomic E-state index is 0.615. The Balaban J connectivity index is 2.97. The average molecular weight is 284 g/mol. The Morgan fingerprint density at radius 3 is 2.21 bits per heavy atom. The number of hydrogen-bond acceptors (Lipinski definition) is 3. The second kappa shape index (κ2) is 7.71. The molecular weight excluding hydrogens is 258 g/mol. The average Bonchev–Trinajstić information content (AvgIpc) is 2.30. The molecule has 0 saturated heterocycles. The van der Waals surface area contributed by atoms with Crippen LogP contribution in [0.4, 0.5) is 5.82 Å². The Hall–Kier alpha value is -0.800. The van der Waals surface area contributed by atoms with Crippen molar-refractivity contribution in [2.75, 3.05) is 25.0 Å². The Kier molecular flexibility index (Phi) is 6.59. The SMILES string of the molecule is CNCc1nc(N(CC(C)C)CC(C)C)ccc1Cl. The standard InChI is InChI=1S/C15H26ClN3/c1-11(2)9-19(10-12(3)4)15-7-6-13(16)14(18-15)8-17-5/h6-7,11-12,17H,8-10H2,1-5H3. The number of anilines is 1. The maximum Gasteiger partial charge on any atom is 0.128 e. The van der Waals surface area contributed by atoms with Crippen molar-refractivity contribution in [2.45, 2.75) is 34.2 Å². The third-order valence-corrected chi connectivity index (χ3v) is 3.09. The second-order valence-electron chi connectivity index (χ2n) is 5.82. The molecule has 0 aliphatic rings. The van der Waals surface area contributed by atoms with E-state index < -0.39 is 0 Å². The summed E-state index contributed by atoms with van der Waals surface area (Å²) < 4.78 is 0. The molecule has 0 atom stereocenters. The summed E-state index contributed by atoms with van der Waals surface area (Å²) in [6, 6.07) is 3.97. The molecule has 0 aromatic carbocycles. The van der Waals surface area contributed by atoms with Crippen LogP contribution in [0.15, 0.2) is 12.1 Å². The van der Waals surface area contributed by atoms with Crippen molar-refractivity contribution in [3.63, 3.8) is 0 Å². The first-order valence-corrected chi connectivity index (χ1v) is 7.36. The quantitative estimate of drug-likeness (QED) is 0.829. The molecule has 0 bridgehead atoms. The maximum atomic E-state index is 6.17. The van der Waals surface area contributed by atoms with Gasteiger partial charge in [-0.15, -0.1) is 0 Å². The molecular formula is C15H26ClN3. The molecule has 1 aromatic rings. The number of nitrogens with zero attached hydrogens (tertiary/aromatic N) is 2. The van der Waals surface area contributed by atoms with Crippen LogP contribution in [-0.4, -0.2) is 25.1 Å². The lowest BCUT2D eigenvalue weighted by Gasteiger charge is -2.28. The number of halogens is 1. The summed E-state index contributed by atoms with van der Waals surface area (Å²) >= 11 is 6.17. The van der Waals surface area contributed by atoms with Crippen molar-refractivity contribution in [3.8, 4) is 0 Å². The molecule has 0 amide bonds. The normalized spacial score (nSPS) is 11.4. The Morgan fingerprint density at radius 1 is 1.16 bits per heavy atom. The summed E-state index contributed by atoms with van der Waals surface area (Å²) in [5.74, 6) is 2.25. The summed E-state index contributed by atoms with van der Waals surface area (Å²) in [6.45, 7) is 11.7. The molecule has 1 N–H and O–H groups in total. The topological polar surface area (TPSA) is 28.2 Å². The Bertz CT molecular complexity index is 381. The lowest BCUT2D eigenvalue weighted by atomic mass is 10.1. The summed E-state index contributed by atoms with van der Waals surface area (Å²) in [5, 5.41) is 3.84. The van der Waals surface area contributed by atoms with Gasteiger partial charge < -0.3 is 10.2 Å². The van der Waals surface area contributed by atoms with Gasteiger partial charge in [-0.05, 0) is 31.0 Å². The van der Waals surface area contributed by atoms with E-state index in [1.165, 1.54) is 0 Å². The predicted octanol–water partition coefficient (Wildman–Crippen LogP) is 3.57. The minimum Gasteiger partial charge on any atom is -0.356 e. The third kappa shape index (κ3) is 5.37. The molecule has 3 nitrogen and oxygen atoms in total. The molecule has 0 aliphatic heterocycles. The van der Waals surface area contributed by atoms with Gasteiger partial charge in [0.2, 0.25) is 0 Å². The van der Waals surface area contributed by atoms with Crippen LogP contribution in [0.2, 0.25) is 5.02 Å². The molecule has 0 fully saturated rings. The molecule has 0 aliphatic carbocycles. The minimum absolute atomic E-state index is 0.615. The second-order valence-corrected chi connectivity index (χ2v) is 6.23. The number of hydrogen-bond donors (Lipinski definition) is 1. The zero-order valence-electron chi connectivity index (χ0n) is 12.7. The van der Waals surface area contributed by atoms with E-state index in [4.69, 9.17) is 16.6 Å². The Morgan fingerprint density at radius 2 is 1.74 bits per heavy atom. The van der Waals surface area contributed by atoms with E-state index in [2.05, 4.69) is 37.9 Å². The maximum absolute atomic E-state index is 6.17. The van der Waals surface area contributed by atoms with Gasteiger partial charge in [0, 0.05) is 19.6 Å². The van der Waals surface area contributed by atoms with E-state index in [0.29, 0.717) is 18.4 Å². The van der Waals surface area contributed by atoms with Gasteiger partial charge in [0.1, 0.15) is 5.82 Å². The summed E-state index contributed by atoms with van der Waals surface area (Å²) in [7, 11) is 1.91. The molecule has 0 spiro atoms. The molecule has 0 saturated carbocycles. The van der Waals surface area contributed by atoms with Gasteiger partial charge in [-0.25, -0.2) is 4.98 Å². The van der Waals surface area contributed by atoms with Gasteiger partial charge >= 0.3 is 0 Å². The molecule has 1 rings (SSSR count). The van der Waals surface area contributed by atoms with Crippen molar-refractivity contribution >= 4 is 17.4 Å². The van der Waals surface area contributed by atoms with Crippen LogP contribution in [0.3, 0.4) is 0 Å². The van der Waals surface area contributed by atoms with Gasteiger partial charge in [0.15, 0.2) is 0 Å². The molecule has 19 heavy (non-hydrogen) atoms.